The van der Waals surface area contributed by atoms with Gasteiger partial charge in [-0.05, 0) is 12.8 Å². The molecule has 1 aromatic heterocycles. The largest absolute Gasteiger partial charge is 0.481 e. The van der Waals surface area contributed by atoms with E-state index in [1.165, 1.54) is 18.7 Å². The number of carbonyl (C=O) groups is 1. The Bertz CT molecular complexity index is 548. The maximum atomic E-state index is 12.1. The van der Waals surface area contributed by atoms with Crippen LogP contribution in [0.4, 0.5) is 5.69 Å². The SMILES string of the molecule is O=C(O)C1CCCN(S(=O)(=O)Nc2cncnc2)C1. The molecular formula is C10H14N4O4S. The average Bonchev–Trinajstić information content (AvgIpc) is 2.39. The van der Waals surface area contributed by atoms with Gasteiger partial charge in [0.25, 0.3) is 0 Å². The van der Waals surface area contributed by atoms with E-state index in [1.54, 1.807) is 0 Å². The number of aliphatic carboxylic acids is 1. The zero-order valence-electron chi connectivity index (χ0n) is 10.1. The molecule has 0 bridgehead atoms. The predicted molar refractivity (Wildman–Crippen MR) is 66.5 cm³/mol. The summed E-state index contributed by atoms with van der Waals surface area (Å²) in [5.41, 5.74) is 0.250. The number of nitrogens with zero attached hydrogens (tertiary/aromatic N) is 3. The first kappa shape index (κ1) is 13.7. The van der Waals surface area contributed by atoms with Gasteiger partial charge in [-0.1, -0.05) is 0 Å². The first-order valence-corrected chi connectivity index (χ1v) is 7.19. The Labute approximate surface area is 110 Å². The lowest BCUT2D eigenvalue weighted by Crippen LogP contribution is -2.44. The van der Waals surface area contributed by atoms with Gasteiger partial charge in [-0.25, -0.2) is 9.97 Å². The number of nitrogens with one attached hydrogen (secondary N) is 1. The second kappa shape index (κ2) is 5.49. The van der Waals surface area contributed by atoms with Crippen molar-refractivity contribution in [1.29, 1.82) is 0 Å². The lowest BCUT2D eigenvalue weighted by atomic mass is 10.0. The molecule has 1 unspecified atom stereocenters. The highest BCUT2D eigenvalue weighted by Crippen LogP contribution is 2.20. The van der Waals surface area contributed by atoms with E-state index in [0.717, 1.165) is 4.31 Å². The van der Waals surface area contributed by atoms with Crippen LogP contribution in [0.25, 0.3) is 0 Å². The van der Waals surface area contributed by atoms with Crippen molar-refractivity contribution < 1.29 is 18.3 Å². The van der Waals surface area contributed by atoms with Gasteiger partial charge in [0.15, 0.2) is 0 Å². The van der Waals surface area contributed by atoms with Crippen LogP contribution in [0.2, 0.25) is 0 Å². The van der Waals surface area contributed by atoms with E-state index in [9.17, 15) is 13.2 Å². The van der Waals surface area contributed by atoms with Gasteiger partial charge < -0.3 is 5.11 Å². The van der Waals surface area contributed by atoms with Crippen LogP contribution in [0.3, 0.4) is 0 Å². The number of hydrogen-bond acceptors (Lipinski definition) is 5. The zero-order valence-corrected chi connectivity index (χ0v) is 10.9. The van der Waals surface area contributed by atoms with Crippen molar-refractivity contribution in [2.24, 2.45) is 5.92 Å². The Balaban J connectivity index is 2.09. The average molecular weight is 286 g/mol. The molecule has 9 heteroatoms. The molecule has 1 aliphatic rings. The minimum Gasteiger partial charge on any atom is -0.481 e. The Morgan fingerprint density at radius 1 is 1.42 bits per heavy atom. The van der Waals surface area contributed by atoms with E-state index in [1.807, 2.05) is 0 Å². The fourth-order valence-electron chi connectivity index (χ4n) is 1.93. The molecule has 0 saturated carbocycles. The molecule has 19 heavy (non-hydrogen) atoms. The Kier molecular flexibility index (Phi) is 3.96. The molecule has 1 aromatic rings. The standard InChI is InChI=1S/C10H14N4O4S/c15-10(16)8-2-1-3-14(6-8)19(17,18)13-9-4-11-7-12-5-9/h4-5,7-8,13H,1-3,6H2,(H,15,16). The molecule has 2 heterocycles. The summed E-state index contributed by atoms with van der Waals surface area (Å²) in [5, 5.41) is 8.95. The highest BCUT2D eigenvalue weighted by Gasteiger charge is 2.32. The van der Waals surface area contributed by atoms with Gasteiger partial charge in [-0.2, -0.15) is 12.7 Å². The summed E-state index contributed by atoms with van der Waals surface area (Å²) < 4.78 is 27.6. The summed E-state index contributed by atoms with van der Waals surface area (Å²) in [5.74, 6) is -1.62. The van der Waals surface area contributed by atoms with Crippen molar-refractivity contribution in [3.63, 3.8) is 0 Å². The van der Waals surface area contributed by atoms with Crippen LogP contribution in [-0.2, 0) is 15.0 Å². The van der Waals surface area contributed by atoms with Crippen LogP contribution < -0.4 is 4.72 Å². The van der Waals surface area contributed by atoms with Crippen LogP contribution in [-0.4, -0.2) is 46.9 Å². The first-order valence-electron chi connectivity index (χ1n) is 5.75. The zero-order chi connectivity index (χ0) is 13.9. The van der Waals surface area contributed by atoms with Crippen LogP contribution >= 0.6 is 0 Å². The number of carboxylic acid groups (broad SMARTS) is 1. The summed E-state index contributed by atoms with van der Waals surface area (Å²) in [6, 6.07) is 0. The lowest BCUT2D eigenvalue weighted by molar-refractivity contribution is -0.142. The van der Waals surface area contributed by atoms with Crippen molar-refractivity contribution in [2.75, 3.05) is 17.8 Å². The molecular weight excluding hydrogens is 272 g/mol. The molecule has 1 atom stereocenters. The number of anilines is 1. The second-order valence-electron chi connectivity index (χ2n) is 4.27. The van der Waals surface area contributed by atoms with Gasteiger partial charge in [0.05, 0.1) is 24.0 Å². The summed E-state index contributed by atoms with van der Waals surface area (Å²) in [6.07, 6.45) is 4.99. The minimum atomic E-state index is -3.76. The Morgan fingerprint density at radius 3 is 2.74 bits per heavy atom. The molecule has 2 rings (SSSR count). The Morgan fingerprint density at radius 2 is 2.11 bits per heavy atom. The quantitative estimate of drug-likeness (QED) is 0.801. The number of piperidine rings is 1. The number of hydrogen-bond donors (Lipinski definition) is 2. The van der Waals surface area contributed by atoms with Gasteiger partial charge in [-0.3, -0.25) is 9.52 Å². The highest BCUT2D eigenvalue weighted by molar-refractivity contribution is 7.90. The molecule has 1 saturated heterocycles. The Hall–Kier alpha value is -1.74. The molecule has 0 aliphatic carbocycles. The molecule has 0 aromatic carbocycles. The molecule has 0 radical (unpaired) electrons. The van der Waals surface area contributed by atoms with Crippen LogP contribution in [0.15, 0.2) is 18.7 Å². The summed E-state index contributed by atoms with van der Waals surface area (Å²) >= 11 is 0. The molecule has 1 aliphatic heterocycles. The number of carboxylic acids is 1. The predicted octanol–water partition coefficient (Wildman–Crippen LogP) is -0.0701. The summed E-state index contributed by atoms with van der Waals surface area (Å²) in [7, 11) is -3.76. The lowest BCUT2D eigenvalue weighted by Gasteiger charge is -2.29. The molecule has 104 valence electrons. The molecule has 1 fully saturated rings. The van der Waals surface area contributed by atoms with Gasteiger partial charge >= 0.3 is 16.2 Å². The number of rotatable bonds is 4. The molecule has 0 spiro atoms. The third kappa shape index (κ3) is 3.38. The number of aromatic nitrogens is 2. The second-order valence-corrected chi connectivity index (χ2v) is 5.94. The van der Waals surface area contributed by atoms with Crippen molar-refractivity contribution in [3.8, 4) is 0 Å². The third-order valence-corrected chi connectivity index (χ3v) is 4.39. The maximum absolute atomic E-state index is 12.1. The fourth-order valence-corrected chi connectivity index (χ4v) is 3.21. The van der Waals surface area contributed by atoms with E-state index in [2.05, 4.69) is 14.7 Å². The fraction of sp³-hybridized carbons (Fsp3) is 0.500. The maximum Gasteiger partial charge on any atom is 0.307 e. The van der Waals surface area contributed by atoms with Crippen molar-refractivity contribution in [3.05, 3.63) is 18.7 Å². The van der Waals surface area contributed by atoms with Crippen LogP contribution in [0.1, 0.15) is 12.8 Å². The summed E-state index contributed by atoms with van der Waals surface area (Å²) in [4.78, 5) is 18.3. The highest BCUT2D eigenvalue weighted by atomic mass is 32.2. The van der Waals surface area contributed by atoms with Gasteiger partial charge in [0.1, 0.15) is 6.33 Å². The van der Waals surface area contributed by atoms with E-state index >= 15 is 0 Å². The van der Waals surface area contributed by atoms with Crippen LogP contribution in [0, 0.1) is 5.92 Å². The van der Waals surface area contributed by atoms with E-state index in [-0.39, 0.29) is 12.2 Å². The van der Waals surface area contributed by atoms with Gasteiger partial charge in [0.2, 0.25) is 0 Å². The molecule has 2 N–H and O–H groups in total. The topological polar surface area (TPSA) is 112 Å². The van der Waals surface area contributed by atoms with Gasteiger partial charge in [0, 0.05) is 13.1 Å². The van der Waals surface area contributed by atoms with Gasteiger partial charge in [-0.15, -0.1) is 0 Å². The molecule has 0 amide bonds. The van der Waals surface area contributed by atoms with Crippen LogP contribution in [0.5, 0.6) is 0 Å². The van der Waals surface area contributed by atoms with E-state index in [4.69, 9.17) is 5.11 Å². The van der Waals surface area contributed by atoms with Crippen molar-refractivity contribution >= 4 is 21.9 Å². The van der Waals surface area contributed by atoms with E-state index < -0.39 is 22.1 Å². The third-order valence-electron chi connectivity index (χ3n) is 2.88. The molecule has 8 nitrogen and oxygen atoms in total. The summed E-state index contributed by atoms with van der Waals surface area (Å²) in [6.45, 7) is 0.297. The monoisotopic (exact) mass is 286 g/mol. The van der Waals surface area contributed by atoms with E-state index in [0.29, 0.717) is 19.4 Å². The van der Waals surface area contributed by atoms with Crippen molar-refractivity contribution in [2.45, 2.75) is 12.8 Å². The first-order chi connectivity index (χ1) is 8.99. The normalized spacial score (nSPS) is 20.9. The smallest absolute Gasteiger partial charge is 0.307 e. The minimum absolute atomic E-state index is 0.0155. The van der Waals surface area contributed by atoms with Crippen molar-refractivity contribution in [1.82, 2.24) is 14.3 Å².